The molecule has 1 fully saturated rings. The van der Waals surface area contributed by atoms with E-state index in [1.54, 1.807) is 13.4 Å². The standard InChI is InChI=1S/C10H12N4O2.C2H6/c1-12-8-7(9(15)13(2)10(12)16)14(5-11-8)6-3-4-6;1-2/h5-6H,3-4H2,1-2H3;1-2H3. The molecule has 2 aromatic heterocycles. The van der Waals surface area contributed by atoms with Crippen LogP contribution >= 0.6 is 0 Å². The molecule has 0 radical (unpaired) electrons. The summed E-state index contributed by atoms with van der Waals surface area (Å²) in [6, 6.07) is 0.384. The summed E-state index contributed by atoms with van der Waals surface area (Å²) < 4.78 is 4.43. The molecule has 0 aromatic carbocycles. The lowest BCUT2D eigenvalue weighted by Gasteiger charge is -2.04. The smallest absolute Gasteiger partial charge is 0.322 e. The molecule has 0 saturated heterocycles. The van der Waals surface area contributed by atoms with Crippen LogP contribution in [0.4, 0.5) is 0 Å². The summed E-state index contributed by atoms with van der Waals surface area (Å²) in [6.45, 7) is 4.00. The number of hydrogen-bond acceptors (Lipinski definition) is 3. The van der Waals surface area contributed by atoms with Gasteiger partial charge in [0, 0.05) is 20.1 Å². The number of fused-ring (bicyclic) bond motifs is 1. The fourth-order valence-corrected chi connectivity index (χ4v) is 1.99. The van der Waals surface area contributed by atoms with E-state index in [2.05, 4.69) is 4.98 Å². The van der Waals surface area contributed by atoms with Gasteiger partial charge in [-0.25, -0.2) is 9.78 Å². The molecule has 1 aliphatic rings. The van der Waals surface area contributed by atoms with Crippen LogP contribution in [0.1, 0.15) is 32.7 Å². The summed E-state index contributed by atoms with van der Waals surface area (Å²) in [6.07, 6.45) is 3.82. The van der Waals surface area contributed by atoms with Crippen molar-refractivity contribution in [2.45, 2.75) is 32.7 Å². The van der Waals surface area contributed by atoms with Gasteiger partial charge in [0.25, 0.3) is 5.56 Å². The second-order valence-corrected chi connectivity index (χ2v) is 4.26. The van der Waals surface area contributed by atoms with Crippen LogP contribution in [-0.4, -0.2) is 18.7 Å². The molecule has 6 heteroatoms. The number of aromatic nitrogens is 4. The number of imidazole rings is 1. The lowest BCUT2D eigenvalue weighted by molar-refractivity contribution is 0.697. The summed E-state index contributed by atoms with van der Waals surface area (Å²) in [7, 11) is 3.13. The van der Waals surface area contributed by atoms with Crippen molar-refractivity contribution in [1.82, 2.24) is 18.7 Å². The monoisotopic (exact) mass is 250 g/mol. The lowest BCUT2D eigenvalue weighted by atomic mass is 10.5. The van der Waals surface area contributed by atoms with Crippen molar-refractivity contribution in [2.75, 3.05) is 0 Å². The van der Waals surface area contributed by atoms with Gasteiger partial charge in [0.15, 0.2) is 11.2 Å². The maximum absolute atomic E-state index is 12.0. The van der Waals surface area contributed by atoms with E-state index in [-0.39, 0.29) is 11.2 Å². The fraction of sp³-hybridized carbons (Fsp3) is 0.583. The molecule has 0 bridgehead atoms. The van der Waals surface area contributed by atoms with E-state index < -0.39 is 0 Å². The predicted molar refractivity (Wildman–Crippen MR) is 69.8 cm³/mol. The minimum absolute atomic E-state index is 0.262. The molecule has 0 unspecified atom stereocenters. The Kier molecular flexibility index (Phi) is 3.11. The van der Waals surface area contributed by atoms with Gasteiger partial charge in [0.1, 0.15) is 0 Å². The second kappa shape index (κ2) is 4.44. The van der Waals surface area contributed by atoms with E-state index >= 15 is 0 Å². The topological polar surface area (TPSA) is 61.8 Å². The molecule has 3 rings (SSSR count). The van der Waals surface area contributed by atoms with Crippen LogP contribution in [0, 0.1) is 0 Å². The van der Waals surface area contributed by atoms with Crippen molar-refractivity contribution in [3.8, 4) is 0 Å². The van der Waals surface area contributed by atoms with Gasteiger partial charge in [0.2, 0.25) is 0 Å². The molecule has 0 amide bonds. The number of rotatable bonds is 1. The molecule has 2 aromatic rings. The van der Waals surface area contributed by atoms with Gasteiger partial charge in [-0.05, 0) is 12.8 Å². The molecule has 2 heterocycles. The van der Waals surface area contributed by atoms with E-state index in [0.29, 0.717) is 17.2 Å². The first-order valence-corrected chi connectivity index (χ1v) is 6.24. The third kappa shape index (κ3) is 1.68. The van der Waals surface area contributed by atoms with Gasteiger partial charge < -0.3 is 4.57 Å². The first-order valence-electron chi connectivity index (χ1n) is 6.24. The number of aryl methyl sites for hydroxylation is 1. The SMILES string of the molecule is CC.Cn1c(=O)c2c(ncn2C2CC2)n(C)c1=O. The summed E-state index contributed by atoms with van der Waals surface area (Å²) >= 11 is 0. The first-order chi connectivity index (χ1) is 8.61. The quantitative estimate of drug-likeness (QED) is 0.752. The van der Waals surface area contributed by atoms with Crippen molar-refractivity contribution in [3.63, 3.8) is 0 Å². The highest BCUT2D eigenvalue weighted by Crippen LogP contribution is 2.35. The van der Waals surface area contributed by atoms with E-state index in [1.807, 2.05) is 18.4 Å². The van der Waals surface area contributed by atoms with Crippen molar-refractivity contribution in [3.05, 3.63) is 27.2 Å². The molecule has 0 spiro atoms. The highest BCUT2D eigenvalue weighted by atomic mass is 16.2. The van der Waals surface area contributed by atoms with E-state index in [4.69, 9.17) is 0 Å². The van der Waals surface area contributed by atoms with Crippen molar-refractivity contribution < 1.29 is 0 Å². The van der Waals surface area contributed by atoms with Crippen LogP contribution < -0.4 is 11.2 Å². The third-order valence-electron chi connectivity index (χ3n) is 3.11. The molecular formula is C12H18N4O2. The Hall–Kier alpha value is -1.85. The van der Waals surface area contributed by atoms with Crippen LogP contribution in [0.25, 0.3) is 11.2 Å². The Labute approximate surface area is 104 Å². The second-order valence-electron chi connectivity index (χ2n) is 4.26. The van der Waals surface area contributed by atoms with Gasteiger partial charge in [-0.2, -0.15) is 0 Å². The van der Waals surface area contributed by atoms with Gasteiger partial charge in [0.05, 0.1) is 6.33 Å². The average molecular weight is 250 g/mol. The van der Waals surface area contributed by atoms with Gasteiger partial charge in [-0.1, -0.05) is 13.8 Å². The zero-order valence-electron chi connectivity index (χ0n) is 11.2. The summed E-state index contributed by atoms with van der Waals surface area (Å²) in [4.78, 5) is 27.8. The Morgan fingerprint density at radius 2 is 1.78 bits per heavy atom. The van der Waals surface area contributed by atoms with Gasteiger partial charge >= 0.3 is 5.69 Å². The predicted octanol–water partition coefficient (Wildman–Crippen LogP) is 0.795. The van der Waals surface area contributed by atoms with Gasteiger partial charge in [-0.15, -0.1) is 0 Å². The van der Waals surface area contributed by atoms with E-state index in [9.17, 15) is 9.59 Å². The zero-order valence-corrected chi connectivity index (χ0v) is 11.2. The molecule has 1 saturated carbocycles. The van der Waals surface area contributed by atoms with E-state index in [0.717, 1.165) is 17.4 Å². The first kappa shape index (κ1) is 12.6. The summed E-state index contributed by atoms with van der Waals surface area (Å²) in [5.41, 5.74) is 0.410. The van der Waals surface area contributed by atoms with Crippen LogP contribution in [0.2, 0.25) is 0 Å². The number of hydrogen-bond donors (Lipinski definition) is 0. The molecule has 6 nitrogen and oxygen atoms in total. The summed E-state index contributed by atoms with van der Waals surface area (Å²) in [5.74, 6) is 0. The minimum atomic E-state index is -0.335. The molecule has 0 atom stereocenters. The Morgan fingerprint density at radius 3 is 2.33 bits per heavy atom. The fourth-order valence-electron chi connectivity index (χ4n) is 1.99. The molecular weight excluding hydrogens is 232 g/mol. The maximum Gasteiger partial charge on any atom is 0.332 e. The lowest BCUT2D eigenvalue weighted by Crippen LogP contribution is -2.37. The average Bonchev–Trinajstić information content (AvgIpc) is 3.15. The van der Waals surface area contributed by atoms with Crippen molar-refractivity contribution in [2.24, 2.45) is 14.1 Å². The molecule has 18 heavy (non-hydrogen) atoms. The highest BCUT2D eigenvalue weighted by molar-refractivity contribution is 5.70. The van der Waals surface area contributed by atoms with Gasteiger partial charge in [-0.3, -0.25) is 13.9 Å². The Balaban J connectivity index is 0.000000574. The largest absolute Gasteiger partial charge is 0.332 e. The molecule has 1 aliphatic carbocycles. The molecule has 0 N–H and O–H groups in total. The van der Waals surface area contributed by atoms with Crippen LogP contribution in [0.3, 0.4) is 0 Å². The van der Waals surface area contributed by atoms with Crippen molar-refractivity contribution in [1.29, 1.82) is 0 Å². The highest BCUT2D eigenvalue weighted by Gasteiger charge is 2.27. The molecule has 0 aliphatic heterocycles. The Bertz CT molecular complexity index is 688. The zero-order chi connectivity index (χ0) is 13.4. The number of nitrogens with zero attached hydrogens (tertiary/aromatic N) is 4. The molecule has 98 valence electrons. The third-order valence-corrected chi connectivity index (χ3v) is 3.11. The normalized spacial score (nSPS) is 14.4. The summed E-state index contributed by atoms with van der Waals surface area (Å²) in [5, 5.41) is 0. The maximum atomic E-state index is 12.0. The minimum Gasteiger partial charge on any atom is -0.322 e. The van der Waals surface area contributed by atoms with Crippen LogP contribution in [-0.2, 0) is 14.1 Å². The van der Waals surface area contributed by atoms with E-state index in [1.165, 1.54) is 11.6 Å². The van der Waals surface area contributed by atoms with Crippen LogP contribution in [0.15, 0.2) is 15.9 Å². The Morgan fingerprint density at radius 1 is 1.17 bits per heavy atom. The van der Waals surface area contributed by atoms with Crippen LogP contribution in [0.5, 0.6) is 0 Å². The van der Waals surface area contributed by atoms with Crippen molar-refractivity contribution >= 4 is 11.2 Å².